The second-order valence-electron chi connectivity index (χ2n) is 7.11. The van der Waals surface area contributed by atoms with E-state index in [1.54, 1.807) is 0 Å². The number of carbonyl (C=O) groups excluding carboxylic acids is 2. The third-order valence-corrected chi connectivity index (χ3v) is 6.01. The Hall–Kier alpha value is -1.73. The van der Waals surface area contributed by atoms with Crippen molar-refractivity contribution in [3.63, 3.8) is 0 Å². The molecule has 1 unspecified atom stereocenters. The third kappa shape index (κ3) is 3.11. The van der Waals surface area contributed by atoms with Gasteiger partial charge in [-0.05, 0) is 56.0 Å². The number of nitrogens with one attached hydrogen (secondary N) is 1. The molecule has 132 valence electrons. The summed E-state index contributed by atoms with van der Waals surface area (Å²) in [5.74, 6) is 1.35. The van der Waals surface area contributed by atoms with Crippen molar-refractivity contribution in [2.24, 2.45) is 11.0 Å². The van der Waals surface area contributed by atoms with Crippen molar-refractivity contribution in [1.29, 1.82) is 0 Å². The zero-order valence-electron chi connectivity index (χ0n) is 13.9. The van der Waals surface area contributed by atoms with Gasteiger partial charge < -0.3 is 4.79 Å². The zero-order chi connectivity index (χ0) is 17.4. The van der Waals surface area contributed by atoms with Crippen LogP contribution < -0.4 is 10.3 Å². The number of nitrogens with zero attached hydrogens (tertiary/aromatic N) is 3. The van der Waals surface area contributed by atoms with Gasteiger partial charge in [-0.2, -0.15) is 5.10 Å². The van der Waals surface area contributed by atoms with E-state index < -0.39 is 6.17 Å². The summed E-state index contributed by atoms with van der Waals surface area (Å²) in [6.45, 7) is 1.90. The SMILES string of the molecule is O=CC1NN=C(C[C@@H]2CCN(C3(C=O)CC3)C2)N1c1ccc(Br)cc1. The molecule has 2 heterocycles. The second-order valence-corrected chi connectivity index (χ2v) is 8.03. The molecule has 1 N–H and O–H groups in total. The summed E-state index contributed by atoms with van der Waals surface area (Å²) >= 11 is 3.44. The highest BCUT2D eigenvalue weighted by Crippen LogP contribution is 2.43. The molecule has 3 aliphatic rings. The quantitative estimate of drug-likeness (QED) is 0.735. The Bertz CT molecular complexity index is 702. The molecule has 2 aliphatic heterocycles. The maximum atomic E-state index is 11.4. The molecule has 2 atom stereocenters. The van der Waals surface area contributed by atoms with Crippen LogP contribution in [0.3, 0.4) is 0 Å². The summed E-state index contributed by atoms with van der Waals surface area (Å²) < 4.78 is 1.000. The Morgan fingerprint density at radius 2 is 2.04 bits per heavy atom. The van der Waals surface area contributed by atoms with E-state index in [1.807, 2.05) is 29.2 Å². The summed E-state index contributed by atoms with van der Waals surface area (Å²) in [7, 11) is 0. The predicted molar refractivity (Wildman–Crippen MR) is 99.4 cm³/mol. The molecule has 0 bridgehead atoms. The van der Waals surface area contributed by atoms with Crippen LogP contribution in [-0.2, 0) is 9.59 Å². The van der Waals surface area contributed by atoms with E-state index in [0.717, 1.165) is 67.3 Å². The van der Waals surface area contributed by atoms with Crippen molar-refractivity contribution < 1.29 is 9.59 Å². The molecule has 1 saturated heterocycles. The molecular formula is C18H21BrN4O2. The Labute approximate surface area is 155 Å². The lowest BCUT2D eigenvalue weighted by Crippen LogP contribution is -2.42. The van der Waals surface area contributed by atoms with Crippen LogP contribution >= 0.6 is 15.9 Å². The number of halogens is 1. The van der Waals surface area contributed by atoms with Gasteiger partial charge in [0.1, 0.15) is 12.1 Å². The van der Waals surface area contributed by atoms with Crippen molar-refractivity contribution in [3.05, 3.63) is 28.7 Å². The topological polar surface area (TPSA) is 65.0 Å². The van der Waals surface area contributed by atoms with E-state index in [4.69, 9.17) is 0 Å². The van der Waals surface area contributed by atoms with Gasteiger partial charge in [-0.1, -0.05) is 15.9 Å². The van der Waals surface area contributed by atoms with Crippen LogP contribution in [0.15, 0.2) is 33.8 Å². The highest BCUT2D eigenvalue weighted by molar-refractivity contribution is 9.10. The van der Waals surface area contributed by atoms with Crippen molar-refractivity contribution >= 4 is 40.0 Å². The lowest BCUT2D eigenvalue weighted by molar-refractivity contribution is -0.113. The van der Waals surface area contributed by atoms with E-state index >= 15 is 0 Å². The fraction of sp³-hybridized carbons (Fsp3) is 0.500. The lowest BCUT2D eigenvalue weighted by Gasteiger charge is -2.26. The molecule has 0 spiro atoms. The van der Waals surface area contributed by atoms with Crippen molar-refractivity contribution in [2.75, 3.05) is 18.0 Å². The third-order valence-electron chi connectivity index (χ3n) is 5.48. The summed E-state index contributed by atoms with van der Waals surface area (Å²) in [5, 5.41) is 4.42. The molecular weight excluding hydrogens is 384 g/mol. The highest BCUT2D eigenvalue weighted by Gasteiger charge is 2.50. The Morgan fingerprint density at radius 1 is 1.28 bits per heavy atom. The number of anilines is 1. The summed E-state index contributed by atoms with van der Waals surface area (Å²) in [6, 6.07) is 7.89. The van der Waals surface area contributed by atoms with Crippen LogP contribution in [0.25, 0.3) is 0 Å². The van der Waals surface area contributed by atoms with E-state index in [-0.39, 0.29) is 5.54 Å². The van der Waals surface area contributed by atoms with Gasteiger partial charge in [0.05, 0.1) is 5.54 Å². The number of hydrogen-bond donors (Lipinski definition) is 1. The normalized spacial score (nSPS) is 27.7. The second kappa shape index (κ2) is 6.53. The minimum Gasteiger partial charge on any atom is -0.301 e. The number of hydrogen-bond acceptors (Lipinski definition) is 6. The highest BCUT2D eigenvalue weighted by atomic mass is 79.9. The molecule has 1 aromatic rings. The van der Waals surface area contributed by atoms with Gasteiger partial charge in [0.25, 0.3) is 0 Å². The first-order valence-corrected chi connectivity index (χ1v) is 9.48. The van der Waals surface area contributed by atoms with E-state index in [2.05, 4.69) is 31.4 Å². The Balaban J connectivity index is 1.47. The van der Waals surface area contributed by atoms with Crippen molar-refractivity contribution in [2.45, 2.75) is 37.4 Å². The molecule has 0 radical (unpaired) electrons. The molecule has 25 heavy (non-hydrogen) atoms. The molecule has 1 aliphatic carbocycles. The van der Waals surface area contributed by atoms with E-state index in [9.17, 15) is 9.59 Å². The molecule has 1 aromatic carbocycles. The van der Waals surface area contributed by atoms with Crippen molar-refractivity contribution in [3.8, 4) is 0 Å². The lowest BCUT2D eigenvalue weighted by atomic mass is 10.0. The molecule has 6 nitrogen and oxygen atoms in total. The minimum atomic E-state index is -0.460. The maximum Gasteiger partial charge on any atom is 0.177 e. The van der Waals surface area contributed by atoms with Gasteiger partial charge in [-0.3, -0.25) is 20.0 Å². The van der Waals surface area contributed by atoms with Crippen LogP contribution in [0.2, 0.25) is 0 Å². The van der Waals surface area contributed by atoms with E-state index in [1.165, 1.54) is 0 Å². The monoisotopic (exact) mass is 404 g/mol. The van der Waals surface area contributed by atoms with Crippen molar-refractivity contribution in [1.82, 2.24) is 10.3 Å². The van der Waals surface area contributed by atoms with Gasteiger partial charge in [0.15, 0.2) is 12.5 Å². The number of hydrazone groups is 1. The zero-order valence-corrected chi connectivity index (χ0v) is 15.5. The number of carbonyl (C=O) groups is 2. The van der Waals surface area contributed by atoms with Gasteiger partial charge in [0.2, 0.25) is 0 Å². The van der Waals surface area contributed by atoms with Gasteiger partial charge in [-0.25, -0.2) is 0 Å². The van der Waals surface area contributed by atoms with Crippen LogP contribution in [-0.4, -0.2) is 48.1 Å². The first-order chi connectivity index (χ1) is 12.1. The summed E-state index contributed by atoms with van der Waals surface area (Å²) in [5.41, 5.74) is 3.69. The largest absolute Gasteiger partial charge is 0.301 e. The summed E-state index contributed by atoms with van der Waals surface area (Å²) in [4.78, 5) is 27.1. The summed E-state index contributed by atoms with van der Waals surface area (Å²) in [6.07, 6.45) is 5.39. The van der Waals surface area contributed by atoms with E-state index in [0.29, 0.717) is 5.92 Å². The number of amidine groups is 1. The molecule has 0 aromatic heterocycles. The standard InChI is InChI=1S/C18H21BrN4O2/c19-14-1-3-15(4-2-14)23-16(20-21-17(23)11-24)9-13-5-8-22(10-13)18(12-25)6-7-18/h1-4,11-13,17,21H,5-10H2/t13-,17?/m0/s1. The molecule has 1 saturated carbocycles. The van der Waals surface area contributed by atoms with Crippen LogP contribution in [0.4, 0.5) is 5.69 Å². The predicted octanol–water partition coefficient (Wildman–Crippen LogP) is 2.14. The molecule has 0 amide bonds. The Morgan fingerprint density at radius 3 is 2.68 bits per heavy atom. The van der Waals surface area contributed by atoms with Crippen LogP contribution in [0.5, 0.6) is 0 Å². The average Bonchev–Trinajstić information content (AvgIpc) is 3.11. The van der Waals surface area contributed by atoms with Crippen LogP contribution in [0.1, 0.15) is 25.7 Å². The fourth-order valence-corrected chi connectivity index (χ4v) is 4.12. The fourth-order valence-electron chi connectivity index (χ4n) is 3.86. The van der Waals surface area contributed by atoms with Crippen LogP contribution in [0, 0.1) is 5.92 Å². The molecule has 4 rings (SSSR count). The van der Waals surface area contributed by atoms with Gasteiger partial charge in [0, 0.05) is 23.1 Å². The average molecular weight is 405 g/mol. The smallest absolute Gasteiger partial charge is 0.177 e. The number of benzene rings is 1. The van der Waals surface area contributed by atoms with Gasteiger partial charge in [-0.15, -0.1) is 0 Å². The first kappa shape index (κ1) is 16.7. The van der Waals surface area contributed by atoms with Gasteiger partial charge >= 0.3 is 0 Å². The first-order valence-electron chi connectivity index (χ1n) is 8.69. The maximum absolute atomic E-state index is 11.4. The molecule has 7 heteroatoms. The minimum absolute atomic E-state index is 0.179. The number of aldehydes is 2. The number of likely N-dealkylation sites (tertiary alicyclic amines) is 1. The number of rotatable bonds is 6. The molecule has 2 fully saturated rings. The Kier molecular flexibility index (Phi) is 4.37.